The Morgan fingerprint density at radius 3 is 2.36 bits per heavy atom. The fraction of sp³-hybridized carbons (Fsp3) is 0.889. The highest BCUT2D eigenvalue weighted by Crippen LogP contribution is 2.10. The Kier molecular flexibility index (Phi) is 5.68. The first-order chi connectivity index (χ1) is 6.50. The van der Waals surface area contributed by atoms with Crippen LogP contribution in [0.3, 0.4) is 0 Å². The van der Waals surface area contributed by atoms with E-state index in [1.165, 1.54) is 0 Å². The van der Waals surface area contributed by atoms with Gasteiger partial charge in [-0.1, -0.05) is 13.8 Å². The third-order valence-corrected chi connectivity index (χ3v) is 2.42. The van der Waals surface area contributed by atoms with Crippen LogP contribution in [0.4, 0.5) is 0 Å². The number of carbonyl (C=O) groups excluding carboxylic acids is 1. The predicted molar refractivity (Wildman–Crippen MR) is 53.6 cm³/mol. The number of nitrogens with one attached hydrogen (secondary N) is 1. The first-order valence-electron chi connectivity index (χ1n) is 4.86. The molecule has 1 atom stereocenters. The van der Waals surface area contributed by atoms with Gasteiger partial charge in [0, 0.05) is 6.54 Å². The number of hydrogen-bond acceptors (Lipinski definition) is 4. The molecule has 0 aliphatic heterocycles. The zero-order valence-electron chi connectivity index (χ0n) is 8.79. The Balaban J connectivity index is 4.06. The van der Waals surface area contributed by atoms with Gasteiger partial charge in [0.05, 0.1) is 18.2 Å². The molecule has 1 amide bonds. The van der Waals surface area contributed by atoms with Crippen LogP contribution < -0.4 is 11.1 Å². The summed E-state index contributed by atoms with van der Waals surface area (Å²) in [5.74, 6) is -0.282. The van der Waals surface area contributed by atoms with Crippen LogP contribution >= 0.6 is 0 Å². The molecule has 14 heavy (non-hydrogen) atoms. The second kappa shape index (κ2) is 5.95. The molecule has 0 spiro atoms. The van der Waals surface area contributed by atoms with Crippen molar-refractivity contribution in [1.29, 1.82) is 0 Å². The molecule has 0 aromatic heterocycles. The van der Waals surface area contributed by atoms with E-state index in [-0.39, 0.29) is 19.1 Å². The van der Waals surface area contributed by atoms with Gasteiger partial charge in [0.25, 0.3) is 0 Å². The summed E-state index contributed by atoms with van der Waals surface area (Å²) in [6, 6.07) is 0. The first kappa shape index (κ1) is 13.4. The van der Waals surface area contributed by atoms with E-state index in [0.717, 1.165) is 0 Å². The van der Waals surface area contributed by atoms with Crippen LogP contribution in [0.15, 0.2) is 0 Å². The lowest BCUT2D eigenvalue weighted by Gasteiger charge is -2.25. The maximum Gasteiger partial charge on any atom is 0.240 e. The van der Waals surface area contributed by atoms with Crippen LogP contribution in [0.2, 0.25) is 0 Å². The summed E-state index contributed by atoms with van der Waals surface area (Å²) in [5.41, 5.74) is 4.95. The number of hydrogen-bond donors (Lipinski definition) is 4. The van der Waals surface area contributed by atoms with E-state index in [2.05, 4.69) is 5.32 Å². The molecule has 0 aliphatic carbocycles. The first-order valence-corrected chi connectivity index (χ1v) is 4.86. The molecule has 0 aromatic rings. The van der Waals surface area contributed by atoms with E-state index in [9.17, 15) is 4.79 Å². The fourth-order valence-corrected chi connectivity index (χ4v) is 1.02. The van der Waals surface area contributed by atoms with Gasteiger partial charge in [0.2, 0.25) is 5.91 Å². The normalized spacial score (nSPS) is 13.8. The lowest BCUT2D eigenvalue weighted by molar-refractivity contribution is -0.127. The Morgan fingerprint density at radius 2 is 2.00 bits per heavy atom. The van der Waals surface area contributed by atoms with E-state index in [1.807, 2.05) is 13.8 Å². The molecule has 0 radical (unpaired) electrons. The van der Waals surface area contributed by atoms with Gasteiger partial charge in [0.15, 0.2) is 0 Å². The predicted octanol–water partition coefficient (Wildman–Crippen LogP) is -1.03. The molecular formula is C9H20N2O3. The van der Waals surface area contributed by atoms with Crippen LogP contribution in [-0.4, -0.2) is 40.9 Å². The summed E-state index contributed by atoms with van der Waals surface area (Å²) in [6.07, 6.45) is 0.173. The molecule has 1 unspecified atom stereocenters. The molecule has 0 saturated heterocycles. The van der Waals surface area contributed by atoms with Gasteiger partial charge in [-0.05, 0) is 12.8 Å². The minimum Gasteiger partial charge on any atom is -0.394 e. The monoisotopic (exact) mass is 204 g/mol. The highest BCUT2D eigenvalue weighted by Gasteiger charge is 2.29. The van der Waals surface area contributed by atoms with E-state index in [0.29, 0.717) is 12.8 Å². The zero-order chi connectivity index (χ0) is 11.2. The molecule has 0 bridgehead atoms. The van der Waals surface area contributed by atoms with Gasteiger partial charge in [-0.3, -0.25) is 4.79 Å². The smallest absolute Gasteiger partial charge is 0.240 e. The van der Waals surface area contributed by atoms with Crippen LogP contribution in [0.25, 0.3) is 0 Å². The molecule has 0 aromatic carbocycles. The molecule has 0 fully saturated rings. The molecule has 5 heteroatoms. The second-order valence-corrected chi connectivity index (χ2v) is 3.41. The van der Waals surface area contributed by atoms with Gasteiger partial charge >= 0.3 is 0 Å². The molecular weight excluding hydrogens is 184 g/mol. The number of rotatable bonds is 6. The third kappa shape index (κ3) is 3.61. The van der Waals surface area contributed by atoms with Crippen molar-refractivity contribution in [3.05, 3.63) is 0 Å². The number of amides is 1. The number of aliphatic hydroxyl groups excluding tert-OH is 2. The lowest BCUT2D eigenvalue weighted by atomic mass is 9.93. The Labute approximate surface area is 84.3 Å². The van der Waals surface area contributed by atoms with E-state index < -0.39 is 11.6 Å². The Morgan fingerprint density at radius 1 is 1.50 bits per heavy atom. The maximum atomic E-state index is 11.5. The molecule has 0 rings (SSSR count). The minimum absolute atomic E-state index is 0.0360. The van der Waals surface area contributed by atoms with Gasteiger partial charge in [-0.2, -0.15) is 0 Å². The van der Waals surface area contributed by atoms with Crippen molar-refractivity contribution in [2.75, 3.05) is 13.2 Å². The highest BCUT2D eigenvalue weighted by atomic mass is 16.3. The van der Waals surface area contributed by atoms with Crippen LogP contribution in [0.1, 0.15) is 26.7 Å². The largest absolute Gasteiger partial charge is 0.394 e. The Hall–Kier alpha value is -0.650. The maximum absolute atomic E-state index is 11.5. The standard InChI is InChI=1S/C9H20N2O3/c1-3-9(10,4-2)8(14)11-5-7(13)6-12/h7,12-13H,3-6,10H2,1-2H3,(H,11,14). The summed E-state index contributed by atoms with van der Waals surface area (Å²) in [5, 5.41) is 20.0. The zero-order valence-corrected chi connectivity index (χ0v) is 8.79. The topological polar surface area (TPSA) is 95.6 Å². The summed E-state index contributed by atoms with van der Waals surface area (Å²) in [7, 11) is 0. The van der Waals surface area contributed by atoms with Crippen LogP contribution in [-0.2, 0) is 4.79 Å². The quantitative estimate of drug-likeness (QED) is 0.445. The van der Waals surface area contributed by atoms with Gasteiger partial charge in [-0.15, -0.1) is 0 Å². The van der Waals surface area contributed by atoms with Crippen molar-refractivity contribution in [1.82, 2.24) is 5.32 Å². The number of nitrogens with two attached hydrogens (primary N) is 1. The average Bonchev–Trinajstić information content (AvgIpc) is 2.23. The molecule has 84 valence electrons. The molecule has 5 nitrogen and oxygen atoms in total. The third-order valence-electron chi connectivity index (χ3n) is 2.42. The number of aliphatic hydroxyl groups is 2. The van der Waals surface area contributed by atoms with Crippen molar-refractivity contribution >= 4 is 5.91 Å². The van der Waals surface area contributed by atoms with Gasteiger partial charge < -0.3 is 21.3 Å². The molecule has 0 saturated carbocycles. The van der Waals surface area contributed by atoms with E-state index >= 15 is 0 Å². The van der Waals surface area contributed by atoms with Gasteiger partial charge in [-0.25, -0.2) is 0 Å². The Bertz CT molecular complexity index is 181. The SMILES string of the molecule is CCC(N)(CC)C(=O)NCC(O)CO. The summed E-state index contributed by atoms with van der Waals surface area (Å²) in [6.45, 7) is 3.35. The summed E-state index contributed by atoms with van der Waals surface area (Å²) in [4.78, 5) is 11.5. The van der Waals surface area contributed by atoms with Crippen molar-refractivity contribution in [3.63, 3.8) is 0 Å². The van der Waals surface area contributed by atoms with Crippen molar-refractivity contribution < 1.29 is 15.0 Å². The summed E-state index contributed by atoms with van der Waals surface area (Å²) < 4.78 is 0. The minimum atomic E-state index is -0.920. The highest BCUT2D eigenvalue weighted by molar-refractivity contribution is 5.85. The molecule has 0 aliphatic rings. The van der Waals surface area contributed by atoms with Crippen molar-refractivity contribution in [2.24, 2.45) is 5.73 Å². The van der Waals surface area contributed by atoms with E-state index in [4.69, 9.17) is 15.9 Å². The van der Waals surface area contributed by atoms with Crippen LogP contribution in [0, 0.1) is 0 Å². The van der Waals surface area contributed by atoms with Gasteiger partial charge in [0.1, 0.15) is 0 Å². The van der Waals surface area contributed by atoms with Crippen molar-refractivity contribution in [2.45, 2.75) is 38.3 Å². The lowest BCUT2D eigenvalue weighted by Crippen LogP contribution is -2.54. The summed E-state index contributed by atoms with van der Waals surface area (Å²) >= 11 is 0. The second-order valence-electron chi connectivity index (χ2n) is 3.41. The fourth-order valence-electron chi connectivity index (χ4n) is 1.02. The average molecular weight is 204 g/mol. The molecule has 0 heterocycles. The molecule has 5 N–H and O–H groups in total. The number of carbonyl (C=O) groups is 1. The van der Waals surface area contributed by atoms with Crippen LogP contribution in [0.5, 0.6) is 0 Å². The van der Waals surface area contributed by atoms with E-state index in [1.54, 1.807) is 0 Å². The van der Waals surface area contributed by atoms with Crippen molar-refractivity contribution in [3.8, 4) is 0 Å².